The van der Waals surface area contributed by atoms with Crippen LogP contribution in [0.4, 0.5) is 0 Å². The zero-order valence-corrected chi connectivity index (χ0v) is 18.1. The maximum Gasteiger partial charge on any atom is 0.244 e. The van der Waals surface area contributed by atoms with E-state index in [2.05, 4.69) is 5.32 Å². The highest BCUT2D eigenvalue weighted by molar-refractivity contribution is 7.89. The first-order chi connectivity index (χ1) is 13.3. The Morgan fingerprint density at radius 2 is 1.64 bits per heavy atom. The van der Waals surface area contributed by atoms with Crippen molar-refractivity contribution in [3.63, 3.8) is 0 Å². The van der Waals surface area contributed by atoms with E-state index in [1.807, 2.05) is 26.8 Å². The lowest BCUT2D eigenvalue weighted by molar-refractivity contribution is -0.132. The molecule has 1 aliphatic carbocycles. The molecule has 0 radical (unpaired) electrons. The van der Waals surface area contributed by atoms with Crippen molar-refractivity contribution in [1.82, 2.24) is 14.5 Å². The number of hydrogen-bond acceptors (Lipinski definition) is 4. The summed E-state index contributed by atoms with van der Waals surface area (Å²) in [5.41, 5.74) is 2.79. The first-order valence-corrected chi connectivity index (χ1v) is 11.8. The Hall–Kier alpha value is -1.44. The van der Waals surface area contributed by atoms with Gasteiger partial charge in [-0.15, -0.1) is 0 Å². The summed E-state index contributed by atoms with van der Waals surface area (Å²) in [6.45, 7) is 8.52. The maximum absolute atomic E-state index is 13.7. The highest BCUT2D eigenvalue weighted by Crippen LogP contribution is 2.30. The van der Waals surface area contributed by atoms with Crippen LogP contribution in [0.15, 0.2) is 17.0 Å². The molecule has 156 valence electrons. The molecule has 1 amide bonds. The van der Waals surface area contributed by atoms with Gasteiger partial charge in [-0.25, -0.2) is 8.42 Å². The summed E-state index contributed by atoms with van der Waals surface area (Å²) in [6, 6.07) is 3.61. The second-order valence-corrected chi connectivity index (χ2v) is 10.0. The molecule has 1 saturated carbocycles. The molecule has 1 aromatic rings. The Bertz CT molecular complexity index is 810. The largest absolute Gasteiger partial charge is 0.339 e. The number of nitrogens with one attached hydrogen (secondary N) is 1. The van der Waals surface area contributed by atoms with E-state index >= 15 is 0 Å². The number of sulfonamides is 1. The highest BCUT2D eigenvalue weighted by Gasteiger charge is 2.36. The molecule has 1 N–H and O–H groups in total. The Kier molecular flexibility index (Phi) is 6.78. The quantitative estimate of drug-likeness (QED) is 0.814. The SMILES string of the molecule is Cc1cc(C)c(S(=O)(=O)N(CC(=O)N2CCNCC2)C2CCCCC2)cc1C. The van der Waals surface area contributed by atoms with Gasteiger partial charge in [0.05, 0.1) is 11.4 Å². The zero-order valence-electron chi connectivity index (χ0n) is 17.3. The van der Waals surface area contributed by atoms with Gasteiger partial charge in [-0.05, 0) is 56.4 Å². The van der Waals surface area contributed by atoms with E-state index in [4.69, 9.17) is 0 Å². The summed E-state index contributed by atoms with van der Waals surface area (Å²) >= 11 is 0. The number of aryl methyl sites for hydroxylation is 3. The third-order valence-corrected chi connectivity index (χ3v) is 8.16. The first kappa shape index (κ1) is 21.3. The average molecular weight is 408 g/mol. The van der Waals surface area contributed by atoms with Crippen LogP contribution >= 0.6 is 0 Å². The van der Waals surface area contributed by atoms with Gasteiger partial charge in [-0.3, -0.25) is 4.79 Å². The van der Waals surface area contributed by atoms with Crippen LogP contribution in [0.5, 0.6) is 0 Å². The summed E-state index contributed by atoms with van der Waals surface area (Å²) in [6.07, 6.45) is 4.84. The Morgan fingerprint density at radius 1 is 1.04 bits per heavy atom. The molecule has 0 unspecified atom stereocenters. The number of amides is 1. The van der Waals surface area contributed by atoms with Crippen LogP contribution in [0.2, 0.25) is 0 Å². The molecule has 0 atom stereocenters. The van der Waals surface area contributed by atoms with E-state index in [1.54, 1.807) is 11.0 Å². The molecule has 7 heteroatoms. The van der Waals surface area contributed by atoms with Crippen molar-refractivity contribution in [3.05, 3.63) is 28.8 Å². The molecule has 0 bridgehead atoms. The van der Waals surface area contributed by atoms with Crippen LogP contribution < -0.4 is 5.32 Å². The van der Waals surface area contributed by atoms with E-state index in [0.29, 0.717) is 18.0 Å². The van der Waals surface area contributed by atoms with Gasteiger partial charge in [0.2, 0.25) is 15.9 Å². The van der Waals surface area contributed by atoms with Gasteiger partial charge in [0, 0.05) is 32.2 Å². The third-order valence-electron chi connectivity index (χ3n) is 6.12. The van der Waals surface area contributed by atoms with Crippen LogP contribution in [0.3, 0.4) is 0 Å². The number of piperazine rings is 1. The van der Waals surface area contributed by atoms with Crippen molar-refractivity contribution in [3.8, 4) is 0 Å². The summed E-state index contributed by atoms with van der Waals surface area (Å²) in [7, 11) is -3.73. The van der Waals surface area contributed by atoms with E-state index < -0.39 is 10.0 Å². The third kappa shape index (κ3) is 4.58. The van der Waals surface area contributed by atoms with Crippen molar-refractivity contribution in [1.29, 1.82) is 0 Å². The first-order valence-electron chi connectivity index (χ1n) is 10.4. The average Bonchev–Trinajstić information content (AvgIpc) is 2.69. The molecule has 0 spiro atoms. The molecule has 1 aliphatic heterocycles. The molecule has 28 heavy (non-hydrogen) atoms. The number of rotatable bonds is 5. The van der Waals surface area contributed by atoms with Crippen molar-refractivity contribution < 1.29 is 13.2 Å². The molecule has 1 heterocycles. The van der Waals surface area contributed by atoms with E-state index in [1.165, 1.54) is 4.31 Å². The Morgan fingerprint density at radius 3 is 2.29 bits per heavy atom. The predicted octanol–water partition coefficient (Wildman–Crippen LogP) is 2.37. The molecule has 0 aromatic heterocycles. The van der Waals surface area contributed by atoms with Gasteiger partial charge in [0.15, 0.2) is 0 Å². The van der Waals surface area contributed by atoms with Crippen LogP contribution in [0.25, 0.3) is 0 Å². The van der Waals surface area contributed by atoms with Gasteiger partial charge >= 0.3 is 0 Å². The number of benzene rings is 1. The molecule has 2 aliphatic rings. The summed E-state index contributed by atoms with van der Waals surface area (Å²) in [5, 5.41) is 3.24. The maximum atomic E-state index is 13.7. The summed E-state index contributed by atoms with van der Waals surface area (Å²) in [4.78, 5) is 15.1. The monoisotopic (exact) mass is 407 g/mol. The highest BCUT2D eigenvalue weighted by atomic mass is 32.2. The van der Waals surface area contributed by atoms with Crippen molar-refractivity contribution in [2.75, 3.05) is 32.7 Å². The van der Waals surface area contributed by atoms with Crippen LogP contribution in [0.1, 0.15) is 48.8 Å². The molecule has 1 saturated heterocycles. The summed E-state index contributed by atoms with van der Waals surface area (Å²) in [5.74, 6) is -0.0860. The lowest BCUT2D eigenvalue weighted by atomic mass is 9.95. The molecule has 2 fully saturated rings. The van der Waals surface area contributed by atoms with Gasteiger partial charge in [0.25, 0.3) is 0 Å². The number of nitrogens with zero attached hydrogens (tertiary/aromatic N) is 2. The zero-order chi connectivity index (χ0) is 20.3. The van der Waals surface area contributed by atoms with E-state index in [-0.39, 0.29) is 18.5 Å². The molecular formula is C21H33N3O3S. The lowest BCUT2D eigenvalue weighted by Gasteiger charge is -2.35. The number of hydrogen-bond donors (Lipinski definition) is 1. The molecule has 3 rings (SSSR count). The fraction of sp³-hybridized carbons (Fsp3) is 0.667. The smallest absolute Gasteiger partial charge is 0.244 e. The topological polar surface area (TPSA) is 69.7 Å². The predicted molar refractivity (Wildman–Crippen MR) is 111 cm³/mol. The summed E-state index contributed by atoms with van der Waals surface area (Å²) < 4.78 is 28.9. The van der Waals surface area contributed by atoms with Crippen molar-refractivity contribution in [2.24, 2.45) is 0 Å². The van der Waals surface area contributed by atoms with Crippen LogP contribution in [-0.4, -0.2) is 62.3 Å². The van der Waals surface area contributed by atoms with Crippen LogP contribution in [-0.2, 0) is 14.8 Å². The van der Waals surface area contributed by atoms with Crippen molar-refractivity contribution in [2.45, 2.75) is 63.8 Å². The fourth-order valence-corrected chi connectivity index (χ4v) is 6.19. The van der Waals surface area contributed by atoms with Gasteiger partial charge in [0.1, 0.15) is 0 Å². The standard InChI is InChI=1S/C21H33N3O3S/c1-16-13-18(3)20(14-17(16)2)28(26,27)24(19-7-5-4-6-8-19)15-21(25)23-11-9-22-10-12-23/h13-14,19,22H,4-12,15H2,1-3H3. The van der Waals surface area contributed by atoms with Crippen LogP contribution in [0, 0.1) is 20.8 Å². The minimum absolute atomic E-state index is 0.0562. The Balaban J connectivity index is 1.93. The van der Waals surface area contributed by atoms with E-state index in [0.717, 1.165) is 61.9 Å². The lowest BCUT2D eigenvalue weighted by Crippen LogP contribution is -2.52. The second-order valence-electron chi connectivity index (χ2n) is 8.17. The van der Waals surface area contributed by atoms with Gasteiger partial charge in [-0.2, -0.15) is 4.31 Å². The normalized spacial score (nSPS) is 19.2. The second kappa shape index (κ2) is 8.93. The fourth-order valence-electron chi connectivity index (χ4n) is 4.27. The van der Waals surface area contributed by atoms with Gasteiger partial charge in [-0.1, -0.05) is 25.3 Å². The van der Waals surface area contributed by atoms with E-state index in [9.17, 15) is 13.2 Å². The number of carbonyl (C=O) groups is 1. The van der Waals surface area contributed by atoms with Crippen molar-refractivity contribution >= 4 is 15.9 Å². The molecular weight excluding hydrogens is 374 g/mol. The number of carbonyl (C=O) groups excluding carboxylic acids is 1. The van der Waals surface area contributed by atoms with Gasteiger partial charge < -0.3 is 10.2 Å². The molecule has 6 nitrogen and oxygen atoms in total. The Labute approximate surface area is 169 Å². The minimum atomic E-state index is -3.73. The minimum Gasteiger partial charge on any atom is -0.339 e. The molecule has 1 aromatic carbocycles.